The summed E-state index contributed by atoms with van der Waals surface area (Å²) in [6, 6.07) is 18.0. The summed E-state index contributed by atoms with van der Waals surface area (Å²) in [5.74, 6) is 0. The fraction of sp³-hybridized carbons (Fsp3) is 0.294. The van der Waals surface area contributed by atoms with Crippen LogP contribution in [-0.4, -0.2) is 4.55 Å². The summed E-state index contributed by atoms with van der Waals surface area (Å²) in [7, 11) is 0. The van der Waals surface area contributed by atoms with Gasteiger partial charge in [0.2, 0.25) is 0 Å². The van der Waals surface area contributed by atoms with E-state index in [2.05, 4.69) is 77.0 Å². The second kappa shape index (κ2) is 6.78. The van der Waals surface area contributed by atoms with Crippen molar-refractivity contribution < 1.29 is 4.55 Å². The summed E-state index contributed by atoms with van der Waals surface area (Å²) in [5.41, 5.74) is 5.50. The van der Waals surface area contributed by atoms with Crippen molar-refractivity contribution in [2.24, 2.45) is 0 Å². The van der Waals surface area contributed by atoms with E-state index in [1.165, 1.54) is 22.3 Å². The van der Waals surface area contributed by atoms with E-state index in [0.29, 0.717) is 0 Å². The molecule has 0 spiro atoms. The average molecular weight is 273 g/mol. The van der Waals surface area contributed by atoms with Gasteiger partial charge >= 0.3 is 0 Å². The van der Waals surface area contributed by atoms with Crippen LogP contribution in [0.15, 0.2) is 42.5 Å². The van der Waals surface area contributed by atoms with Gasteiger partial charge in [-0.05, 0) is 53.6 Å². The molecule has 0 aliphatic carbocycles. The molecule has 1 nitrogen and oxygen atoms in total. The van der Waals surface area contributed by atoms with Crippen LogP contribution in [0.2, 0.25) is 0 Å². The molecule has 101 valence electrons. The molecule has 0 amide bonds. The molecule has 0 saturated heterocycles. The smallest absolute Gasteiger partial charge is 0.0132 e. The van der Waals surface area contributed by atoms with Crippen molar-refractivity contribution >= 4 is 12.9 Å². The zero-order valence-electron chi connectivity index (χ0n) is 11.9. The number of hydrogen-bond donors (Lipinski definition) is 2. The van der Waals surface area contributed by atoms with Crippen LogP contribution in [0.5, 0.6) is 0 Å². The molecule has 1 radical (unpaired) electrons. The van der Waals surface area contributed by atoms with Crippen LogP contribution in [0, 0.1) is 13.0 Å². The standard InChI is InChI=1S/C17H19.H2OS/c1-13-10-11-15(17(2,3)4)12-16(13)14-8-6-5-7-9-14;1-2/h6-12H,1-4H3;1-2H. The highest BCUT2D eigenvalue weighted by Crippen LogP contribution is 2.29. The van der Waals surface area contributed by atoms with E-state index >= 15 is 0 Å². The molecular formula is C17H21OS. The van der Waals surface area contributed by atoms with Gasteiger partial charge in [-0.3, -0.25) is 0 Å². The molecule has 2 aromatic rings. The van der Waals surface area contributed by atoms with Gasteiger partial charge < -0.3 is 4.55 Å². The molecule has 19 heavy (non-hydrogen) atoms. The molecular weight excluding hydrogens is 252 g/mol. The Balaban J connectivity index is 0.000000861. The first-order chi connectivity index (χ1) is 8.98. The van der Waals surface area contributed by atoms with E-state index in [1.54, 1.807) is 0 Å². The molecule has 0 fully saturated rings. The maximum absolute atomic E-state index is 6.69. The van der Waals surface area contributed by atoms with Crippen LogP contribution < -0.4 is 0 Å². The number of benzene rings is 2. The molecule has 0 saturated carbocycles. The fourth-order valence-electron chi connectivity index (χ4n) is 1.97. The first-order valence-electron chi connectivity index (χ1n) is 6.26. The van der Waals surface area contributed by atoms with Crippen molar-refractivity contribution in [2.75, 3.05) is 0 Å². The summed E-state index contributed by atoms with van der Waals surface area (Å²) >= 11 is 2.53. The van der Waals surface area contributed by atoms with Gasteiger partial charge in [0.05, 0.1) is 0 Å². The molecule has 2 rings (SSSR count). The number of thiol groups is 1. The van der Waals surface area contributed by atoms with Crippen LogP contribution in [0.25, 0.3) is 11.1 Å². The molecule has 0 heterocycles. The van der Waals surface area contributed by atoms with Crippen molar-refractivity contribution in [3.8, 4) is 11.1 Å². The van der Waals surface area contributed by atoms with E-state index in [4.69, 9.17) is 4.55 Å². The Kier molecular flexibility index (Phi) is 5.64. The van der Waals surface area contributed by atoms with Gasteiger partial charge in [-0.25, -0.2) is 0 Å². The first-order valence-corrected chi connectivity index (χ1v) is 6.66. The Hall–Kier alpha value is -1.25. The van der Waals surface area contributed by atoms with E-state index < -0.39 is 0 Å². The van der Waals surface area contributed by atoms with Crippen molar-refractivity contribution in [1.29, 1.82) is 0 Å². The van der Waals surface area contributed by atoms with Crippen LogP contribution in [0.1, 0.15) is 31.9 Å². The van der Waals surface area contributed by atoms with Gasteiger partial charge in [0.25, 0.3) is 0 Å². The Morgan fingerprint density at radius 2 is 1.58 bits per heavy atom. The molecule has 0 aliphatic heterocycles. The number of hydrogen-bond acceptors (Lipinski definition) is 2. The summed E-state index contributed by atoms with van der Waals surface area (Å²) in [6.45, 7) is 8.92. The third-order valence-corrected chi connectivity index (χ3v) is 3.13. The highest BCUT2D eigenvalue weighted by molar-refractivity contribution is 7.74. The maximum Gasteiger partial charge on any atom is -0.0132 e. The summed E-state index contributed by atoms with van der Waals surface area (Å²) in [6.07, 6.45) is 0. The van der Waals surface area contributed by atoms with Crippen molar-refractivity contribution in [2.45, 2.75) is 33.1 Å². The third kappa shape index (κ3) is 4.12. The van der Waals surface area contributed by atoms with Gasteiger partial charge in [0.15, 0.2) is 0 Å². The minimum atomic E-state index is 0.198. The molecule has 0 aromatic heterocycles. The lowest BCUT2D eigenvalue weighted by Gasteiger charge is -2.21. The molecule has 0 unspecified atom stereocenters. The zero-order chi connectivity index (χ0) is 14.5. The zero-order valence-corrected chi connectivity index (χ0v) is 12.8. The highest BCUT2D eigenvalue weighted by atomic mass is 32.1. The van der Waals surface area contributed by atoms with Crippen molar-refractivity contribution in [1.82, 2.24) is 0 Å². The molecule has 0 aliphatic rings. The van der Waals surface area contributed by atoms with Crippen LogP contribution in [0.4, 0.5) is 0 Å². The van der Waals surface area contributed by atoms with Crippen molar-refractivity contribution in [3.63, 3.8) is 0 Å². The van der Waals surface area contributed by atoms with Crippen LogP contribution in [-0.2, 0) is 5.41 Å². The predicted octanol–water partition coefficient (Wildman–Crippen LogP) is 5.15. The number of aryl methyl sites for hydroxylation is 1. The first kappa shape index (κ1) is 15.8. The third-order valence-electron chi connectivity index (χ3n) is 3.13. The monoisotopic (exact) mass is 273 g/mol. The second-order valence-corrected chi connectivity index (χ2v) is 5.57. The molecule has 0 bridgehead atoms. The number of rotatable bonds is 1. The van der Waals surface area contributed by atoms with Crippen LogP contribution >= 0.6 is 12.9 Å². The predicted molar refractivity (Wildman–Crippen MR) is 85.8 cm³/mol. The lowest BCUT2D eigenvalue weighted by molar-refractivity contribution is 0.590. The minimum Gasteiger partial charge on any atom is -0.333 e. The van der Waals surface area contributed by atoms with Gasteiger partial charge in [-0.2, -0.15) is 0 Å². The largest absolute Gasteiger partial charge is 0.333 e. The molecule has 1 N–H and O–H groups in total. The molecule has 2 heteroatoms. The van der Waals surface area contributed by atoms with Gasteiger partial charge in [0.1, 0.15) is 0 Å². The van der Waals surface area contributed by atoms with E-state index in [-0.39, 0.29) is 5.41 Å². The van der Waals surface area contributed by atoms with E-state index in [0.717, 1.165) is 0 Å². The minimum absolute atomic E-state index is 0.198. The van der Waals surface area contributed by atoms with Gasteiger partial charge in [-0.1, -0.05) is 63.2 Å². The highest BCUT2D eigenvalue weighted by Gasteiger charge is 2.14. The SMILES string of the molecule is Cc1ccc(C(C)(C)C)cc1-c1cc[c]cc1.OS. The lowest BCUT2D eigenvalue weighted by Crippen LogP contribution is -2.11. The Morgan fingerprint density at radius 3 is 2.11 bits per heavy atom. The molecule has 0 atom stereocenters. The maximum atomic E-state index is 6.69. The summed E-state index contributed by atoms with van der Waals surface area (Å²) < 4.78 is 6.69. The normalized spacial score (nSPS) is 10.6. The Bertz CT molecular complexity index is 513. The summed E-state index contributed by atoms with van der Waals surface area (Å²) in [5, 5.41) is 0. The Labute approximate surface area is 121 Å². The lowest BCUT2D eigenvalue weighted by atomic mass is 9.84. The summed E-state index contributed by atoms with van der Waals surface area (Å²) in [4.78, 5) is 0. The topological polar surface area (TPSA) is 20.2 Å². The second-order valence-electron chi connectivity index (χ2n) is 5.57. The van der Waals surface area contributed by atoms with E-state index in [9.17, 15) is 0 Å². The van der Waals surface area contributed by atoms with Crippen molar-refractivity contribution in [3.05, 3.63) is 59.7 Å². The van der Waals surface area contributed by atoms with Gasteiger partial charge in [-0.15, -0.1) is 0 Å². The fourth-order valence-corrected chi connectivity index (χ4v) is 1.97. The van der Waals surface area contributed by atoms with E-state index in [1.807, 2.05) is 12.1 Å². The van der Waals surface area contributed by atoms with Gasteiger partial charge in [0, 0.05) is 0 Å². The van der Waals surface area contributed by atoms with Crippen LogP contribution in [0.3, 0.4) is 0 Å². The quantitative estimate of drug-likeness (QED) is 0.544. The Morgan fingerprint density at radius 1 is 1.00 bits per heavy atom. The molecule has 2 aromatic carbocycles. The average Bonchev–Trinajstić information content (AvgIpc) is 2.41.